The zero-order valence-corrected chi connectivity index (χ0v) is 17.8. The van der Waals surface area contributed by atoms with Gasteiger partial charge in [0.15, 0.2) is 6.61 Å². The average molecular weight is 431 g/mol. The predicted molar refractivity (Wildman–Crippen MR) is 118 cm³/mol. The predicted octanol–water partition coefficient (Wildman–Crippen LogP) is 2.39. The summed E-state index contributed by atoms with van der Waals surface area (Å²) in [7, 11) is 0. The fourth-order valence-corrected chi connectivity index (χ4v) is 3.34. The first kappa shape index (κ1) is 21.9. The topological polar surface area (TPSA) is 73.9 Å². The van der Waals surface area contributed by atoms with Crippen LogP contribution in [0.4, 0.5) is 5.69 Å². The highest BCUT2D eigenvalue weighted by atomic mass is 35.5. The second kappa shape index (κ2) is 10.8. The molecule has 1 aliphatic heterocycles. The lowest BCUT2D eigenvalue weighted by Gasteiger charge is -2.36. The molecule has 2 aromatic rings. The van der Waals surface area contributed by atoms with E-state index < -0.39 is 5.91 Å². The van der Waals surface area contributed by atoms with Crippen LogP contribution in [0.2, 0.25) is 5.02 Å². The minimum atomic E-state index is -0.424. The number of nitrogens with one attached hydrogen (secondary N) is 2. The van der Waals surface area contributed by atoms with Crippen molar-refractivity contribution >= 4 is 29.1 Å². The normalized spacial score (nSPS) is 14.3. The van der Waals surface area contributed by atoms with E-state index in [1.807, 2.05) is 25.1 Å². The third-order valence-electron chi connectivity index (χ3n) is 4.99. The van der Waals surface area contributed by atoms with Gasteiger partial charge >= 0.3 is 0 Å². The first-order chi connectivity index (χ1) is 14.5. The van der Waals surface area contributed by atoms with Crippen molar-refractivity contribution in [3.63, 3.8) is 0 Å². The number of hydrogen-bond acceptors (Lipinski definition) is 5. The summed E-state index contributed by atoms with van der Waals surface area (Å²) in [6.45, 7) is 6.00. The third-order valence-corrected chi connectivity index (χ3v) is 5.41. The standard InChI is InChI=1S/C22H27ClN4O3/c1-17-15-19(7-8-20(17)23)30-16-22(29)25-24-21(28)9-10-26-11-13-27(14-12-26)18-5-3-2-4-6-18/h2-8,15H,9-14,16H2,1H3,(H,24,28)(H,25,29). The Kier molecular flexibility index (Phi) is 7.93. The first-order valence-corrected chi connectivity index (χ1v) is 10.4. The van der Waals surface area contributed by atoms with Crippen molar-refractivity contribution in [3.05, 3.63) is 59.1 Å². The molecule has 30 heavy (non-hydrogen) atoms. The largest absolute Gasteiger partial charge is 0.484 e. The van der Waals surface area contributed by atoms with Crippen LogP contribution in [0.1, 0.15) is 12.0 Å². The van der Waals surface area contributed by atoms with E-state index in [2.05, 4.69) is 32.8 Å². The zero-order chi connectivity index (χ0) is 21.3. The van der Waals surface area contributed by atoms with Crippen molar-refractivity contribution in [2.75, 3.05) is 44.2 Å². The molecule has 0 aromatic heterocycles. The maximum Gasteiger partial charge on any atom is 0.276 e. The second-order valence-corrected chi connectivity index (χ2v) is 7.62. The molecule has 0 saturated carbocycles. The summed E-state index contributed by atoms with van der Waals surface area (Å²) in [4.78, 5) is 28.5. The number of rotatable bonds is 7. The maximum absolute atomic E-state index is 12.0. The molecule has 3 rings (SSSR count). The lowest BCUT2D eigenvalue weighted by atomic mass is 10.2. The lowest BCUT2D eigenvalue weighted by molar-refractivity contribution is -0.130. The van der Waals surface area contributed by atoms with Crippen LogP contribution in [0, 0.1) is 6.92 Å². The molecule has 0 atom stereocenters. The van der Waals surface area contributed by atoms with Gasteiger partial charge in [-0.15, -0.1) is 0 Å². The van der Waals surface area contributed by atoms with Crippen LogP contribution >= 0.6 is 11.6 Å². The van der Waals surface area contributed by atoms with E-state index in [4.69, 9.17) is 16.3 Å². The number of carbonyl (C=O) groups is 2. The Morgan fingerprint density at radius 1 is 1.00 bits per heavy atom. The summed E-state index contributed by atoms with van der Waals surface area (Å²) < 4.78 is 5.40. The molecule has 0 unspecified atom stereocenters. The molecule has 2 N–H and O–H groups in total. The van der Waals surface area contributed by atoms with Crippen LogP contribution in [-0.4, -0.2) is 56.0 Å². The van der Waals surface area contributed by atoms with Crippen LogP contribution in [-0.2, 0) is 9.59 Å². The monoisotopic (exact) mass is 430 g/mol. The average Bonchev–Trinajstić information content (AvgIpc) is 2.78. The first-order valence-electron chi connectivity index (χ1n) is 10.0. The van der Waals surface area contributed by atoms with Crippen LogP contribution in [0.5, 0.6) is 5.75 Å². The van der Waals surface area contributed by atoms with Crippen molar-refractivity contribution in [2.45, 2.75) is 13.3 Å². The third kappa shape index (κ3) is 6.64. The van der Waals surface area contributed by atoms with Crippen LogP contribution in [0.3, 0.4) is 0 Å². The SMILES string of the molecule is Cc1cc(OCC(=O)NNC(=O)CCN2CCN(c3ccccc3)CC2)ccc1Cl. The number of aryl methyl sites for hydroxylation is 1. The second-order valence-electron chi connectivity index (χ2n) is 7.21. The summed E-state index contributed by atoms with van der Waals surface area (Å²) in [5, 5.41) is 0.639. The van der Waals surface area contributed by atoms with E-state index in [-0.39, 0.29) is 12.5 Å². The molecular weight excluding hydrogens is 404 g/mol. The molecule has 8 heteroatoms. The van der Waals surface area contributed by atoms with Gasteiger partial charge in [0, 0.05) is 49.9 Å². The zero-order valence-electron chi connectivity index (χ0n) is 17.1. The van der Waals surface area contributed by atoms with Gasteiger partial charge in [-0.05, 0) is 42.8 Å². The highest BCUT2D eigenvalue weighted by Gasteiger charge is 2.17. The van der Waals surface area contributed by atoms with E-state index in [0.717, 1.165) is 31.7 Å². The molecule has 1 aliphatic rings. The van der Waals surface area contributed by atoms with Crippen molar-refractivity contribution in [1.82, 2.24) is 15.8 Å². The molecule has 1 saturated heterocycles. The number of piperazine rings is 1. The fraction of sp³-hybridized carbons (Fsp3) is 0.364. The molecule has 0 spiro atoms. The van der Waals surface area contributed by atoms with E-state index in [1.54, 1.807) is 18.2 Å². The molecule has 0 bridgehead atoms. The Balaban J connectivity index is 1.29. The van der Waals surface area contributed by atoms with Crippen LogP contribution in [0.25, 0.3) is 0 Å². The number of carbonyl (C=O) groups excluding carboxylic acids is 2. The minimum Gasteiger partial charge on any atom is -0.484 e. The number of amides is 2. The van der Waals surface area contributed by atoms with Gasteiger partial charge in [0.2, 0.25) is 5.91 Å². The van der Waals surface area contributed by atoms with Crippen molar-refractivity contribution in [3.8, 4) is 5.75 Å². The maximum atomic E-state index is 12.0. The van der Waals surface area contributed by atoms with Gasteiger partial charge in [-0.1, -0.05) is 29.8 Å². The number of halogens is 1. The van der Waals surface area contributed by atoms with Gasteiger partial charge in [0.25, 0.3) is 5.91 Å². The lowest BCUT2D eigenvalue weighted by Crippen LogP contribution is -2.48. The Morgan fingerprint density at radius 3 is 2.40 bits per heavy atom. The number of ether oxygens (including phenoxy) is 1. The quantitative estimate of drug-likeness (QED) is 0.660. The summed E-state index contributed by atoms with van der Waals surface area (Å²) in [6, 6.07) is 15.5. The van der Waals surface area contributed by atoms with Crippen molar-refractivity contribution in [1.29, 1.82) is 0 Å². The fourth-order valence-electron chi connectivity index (χ4n) is 3.22. The van der Waals surface area contributed by atoms with E-state index in [1.165, 1.54) is 5.69 Å². The smallest absolute Gasteiger partial charge is 0.276 e. The van der Waals surface area contributed by atoms with E-state index in [0.29, 0.717) is 23.7 Å². The summed E-state index contributed by atoms with van der Waals surface area (Å²) in [5.74, 6) is -0.100. The van der Waals surface area contributed by atoms with Gasteiger partial charge in [0.1, 0.15) is 5.75 Å². The highest BCUT2D eigenvalue weighted by Crippen LogP contribution is 2.20. The van der Waals surface area contributed by atoms with Gasteiger partial charge < -0.3 is 9.64 Å². The number of benzene rings is 2. The Hall–Kier alpha value is -2.77. The molecular formula is C22H27ClN4O3. The molecule has 7 nitrogen and oxygen atoms in total. The molecule has 160 valence electrons. The Labute approximate surface area is 181 Å². The molecule has 0 aliphatic carbocycles. The summed E-state index contributed by atoms with van der Waals surface area (Å²) in [5.41, 5.74) is 6.91. The van der Waals surface area contributed by atoms with Gasteiger partial charge in [0.05, 0.1) is 0 Å². The molecule has 0 radical (unpaired) electrons. The van der Waals surface area contributed by atoms with E-state index >= 15 is 0 Å². The minimum absolute atomic E-state index is 0.192. The van der Waals surface area contributed by atoms with E-state index in [9.17, 15) is 9.59 Å². The van der Waals surface area contributed by atoms with Gasteiger partial charge in [-0.2, -0.15) is 0 Å². The highest BCUT2D eigenvalue weighted by molar-refractivity contribution is 6.31. The van der Waals surface area contributed by atoms with Crippen molar-refractivity contribution in [2.24, 2.45) is 0 Å². The number of hydrogen-bond donors (Lipinski definition) is 2. The number of anilines is 1. The van der Waals surface area contributed by atoms with Gasteiger partial charge in [-0.25, -0.2) is 0 Å². The molecule has 2 aromatic carbocycles. The Morgan fingerprint density at radius 2 is 1.70 bits per heavy atom. The number of hydrazine groups is 1. The van der Waals surface area contributed by atoms with Crippen LogP contribution < -0.4 is 20.5 Å². The van der Waals surface area contributed by atoms with Crippen molar-refractivity contribution < 1.29 is 14.3 Å². The number of para-hydroxylation sites is 1. The molecule has 1 heterocycles. The molecule has 2 amide bonds. The van der Waals surface area contributed by atoms with Gasteiger partial charge in [-0.3, -0.25) is 25.3 Å². The Bertz CT molecular complexity index is 855. The van der Waals surface area contributed by atoms with Crippen LogP contribution in [0.15, 0.2) is 48.5 Å². The summed E-state index contributed by atoms with van der Waals surface area (Å²) in [6.07, 6.45) is 0.322. The number of nitrogens with zero attached hydrogens (tertiary/aromatic N) is 2. The summed E-state index contributed by atoms with van der Waals surface area (Å²) >= 11 is 5.96. The molecule has 1 fully saturated rings.